The third-order valence-electron chi connectivity index (χ3n) is 6.42. The van der Waals surface area contributed by atoms with Crippen LogP contribution in [0.4, 0.5) is 0 Å². The zero-order valence-electron chi connectivity index (χ0n) is 18.7. The molecule has 1 aliphatic heterocycles. The minimum Gasteiger partial charge on any atom is -0.394 e. The van der Waals surface area contributed by atoms with E-state index < -0.39 is 0 Å². The summed E-state index contributed by atoms with van der Waals surface area (Å²) in [7, 11) is 0. The van der Waals surface area contributed by atoms with Crippen LogP contribution in [-0.2, 0) is 24.3 Å². The van der Waals surface area contributed by atoms with Crippen LogP contribution in [0.25, 0.3) is 0 Å². The summed E-state index contributed by atoms with van der Waals surface area (Å²) in [6, 6.07) is 9.63. The van der Waals surface area contributed by atoms with Crippen molar-refractivity contribution in [2.24, 2.45) is 0 Å². The third kappa shape index (κ3) is 4.93. The van der Waals surface area contributed by atoms with Crippen LogP contribution in [0.1, 0.15) is 72.4 Å². The second kappa shape index (κ2) is 10.1. The molecule has 2 amide bonds. The number of amides is 2. The Morgan fingerprint density at radius 3 is 2.72 bits per heavy atom. The van der Waals surface area contributed by atoms with Crippen LogP contribution < -0.4 is 5.32 Å². The first-order chi connectivity index (χ1) is 15.6. The fraction of sp³-hybridized carbons (Fsp3) is 0.480. The molecule has 2 heterocycles. The molecule has 2 N–H and O–H groups in total. The number of aliphatic hydroxyl groups excluding tert-OH is 1. The van der Waals surface area contributed by atoms with Gasteiger partial charge in [0.15, 0.2) is 5.69 Å². The fourth-order valence-corrected chi connectivity index (χ4v) is 4.63. The predicted molar refractivity (Wildman–Crippen MR) is 122 cm³/mol. The van der Waals surface area contributed by atoms with Crippen LogP contribution in [0.5, 0.6) is 0 Å². The van der Waals surface area contributed by atoms with E-state index in [2.05, 4.69) is 16.5 Å². The van der Waals surface area contributed by atoms with Crippen molar-refractivity contribution < 1.29 is 14.7 Å². The molecule has 7 heteroatoms. The molecule has 1 atom stereocenters. The van der Waals surface area contributed by atoms with Crippen molar-refractivity contribution in [3.8, 4) is 0 Å². The zero-order chi connectivity index (χ0) is 22.5. The van der Waals surface area contributed by atoms with Crippen molar-refractivity contribution >= 4 is 11.8 Å². The Hall–Kier alpha value is -2.93. The number of nitrogens with one attached hydrogen (secondary N) is 1. The topological polar surface area (TPSA) is 87.5 Å². The van der Waals surface area contributed by atoms with Crippen molar-refractivity contribution in [1.82, 2.24) is 20.0 Å². The van der Waals surface area contributed by atoms with Gasteiger partial charge in [-0.1, -0.05) is 42.0 Å². The molecule has 0 fully saturated rings. The number of carbonyl (C=O) groups excluding carboxylic acids is 2. The van der Waals surface area contributed by atoms with Gasteiger partial charge < -0.3 is 15.3 Å². The molecule has 7 nitrogen and oxygen atoms in total. The molecular formula is C25H32N4O3. The Morgan fingerprint density at radius 1 is 1.19 bits per heavy atom. The van der Waals surface area contributed by atoms with E-state index in [1.54, 1.807) is 4.68 Å². The molecular weight excluding hydrogens is 404 g/mol. The maximum absolute atomic E-state index is 13.1. The highest BCUT2D eigenvalue weighted by molar-refractivity contribution is 5.94. The number of carbonyl (C=O) groups is 2. The Morgan fingerprint density at radius 2 is 2.00 bits per heavy atom. The fourth-order valence-electron chi connectivity index (χ4n) is 4.63. The standard InChI is InChI=1S/C25H32N4O3/c1-18(20-10-6-3-7-11-20)26-25(32)24-21-17-28(13-12-22(21)29(27-24)14-15-30)23(31)16-19-8-4-2-5-9-19/h3,6-8,10-11,18,30H,2,4-5,9,12-17H2,1H3,(H,26,32)/t18-/m1/s1. The van der Waals surface area contributed by atoms with E-state index in [0.29, 0.717) is 38.2 Å². The first kappa shape index (κ1) is 22.3. The minimum atomic E-state index is -0.251. The lowest BCUT2D eigenvalue weighted by molar-refractivity contribution is -0.131. The molecule has 2 aromatic rings. The molecule has 0 saturated heterocycles. The van der Waals surface area contributed by atoms with Gasteiger partial charge in [0, 0.05) is 37.2 Å². The summed E-state index contributed by atoms with van der Waals surface area (Å²) in [6.07, 6.45) is 7.73. The van der Waals surface area contributed by atoms with Gasteiger partial charge in [-0.2, -0.15) is 5.10 Å². The lowest BCUT2D eigenvalue weighted by atomic mass is 9.96. The Bertz CT molecular complexity index is 996. The van der Waals surface area contributed by atoms with Gasteiger partial charge in [-0.05, 0) is 38.2 Å². The number of hydrogen-bond acceptors (Lipinski definition) is 4. The van der Waals surface area contributed by atoms with Crippen LogP contribution in [0, 0.1) is 0 Å². The summed E-state index contributed by atoms with van der Waals surface area (Å²) in [5.74, 6) is -0.138. The quantitative estimate of drug-likeness (QED) is 0.653. The number of benzene rings is 1. The van der Waals surface area contributed by atoms with Crippen molar-refractivity contribution in [3.05, 3.63) is 64.5 Å². The molecule has 32 heavy (non-hydrogen) atoms. The predicted octanol–water partition coefficient (Wildman–Crippen LogP) is 3.14. The summed E-state index contributed by atoms with van der Waals surface area (Å²) >= 11 is 0. The summed E-state index contributed by atoms with van der Waals surface area (Å²) < 4.78 is 1.73. The maximum Gasteiger partial charge on any atom is 0.272 e. The normalized spacial score (nSPS) is 16.8. The number of hydrogen-bond donors (Lipinski definition) is 2. The molecule has 0 saturated carbocycles. The molecule has 0 unspecified atom stereocenters. The van der Waals surface area contributed by atoms with E-state index in [0.717, 1.165) is 36.1 Å². The summed E-state index contributed by atoms with van der Waals surface area (Å²) in [4.78, 5) is 28.0. The van der Waals surface area contributed by atoms with Crippen LogP contribution >= 0.6 is 0 Å². The maximum atomic E-state index is 13.1. The molecule has 2 aliphatic rings. The van der Waals surface area contributed by atoms with E-state index in [4.69, 9.17) is 0 Å². The Balaban J connectivity index is 1.52. The second-order valence-corrected chi connectivity index (χ2v) is 8.68. The van der Waals surface area contributed by atoms with Crippen LogP contribution in [0.3, 0.4) is 0 Å². The summed E-state index contributed by atoms with van der Waals surface area (Å²) in [5, 5.41) is 17.0. The van der Waals surface area contributed by atoms with Crippen molar-refractivity contribution in [2.75, 3.05) is 13.2 Å². The van der Waals surface area contributed by atoms with Crippen molar-refractivity contribution in [2.45, 2.75) is 64.6 Å². The average Bonchev–Trinajstić information content (AvgIpc) is 3.18. The van der Waals surface area contributed by atoms with Crippen LogP contribution in [-0.4, -0.2) is 44.8 Å². The smallest absolute Gasteiger partial charge is 0.272 e. The van der Waals surface area contributed by atoms with Crippen molar-refractivity contribution in [3.63, 3.8) is 0 Å². The molecule has 0 radical (unpaired) electrons. The highest BCUT2D eigenvalue weighted by Crippen LogP contribution is 2.26. The lowest BCUT2D eigenvalue weighted by Crippen LogP contribution is -2.37. The van der Waals surface area contributed by atoms with Gasteiger partial charge in [0.05, 0.1) is 19.2 Å². The lowest BCUT2D eigenvalue weighted by Gasteiger charge is -2.28. The van der Waals surface area contributed by atoms with Gasteiger partial charge in [0.2, 0.25) is 5.91 Å². The van der Waals surface area contributed by atoms with E-state index in [-0.39, 0.29) is 24.5 Å². The van der Waals surface area contributed by atoms with Gasteiger partial charge in [0.1, 0.15) is 0 Å². The zero-order valence-corrected chi connectivity index (χ0v) is 18.7. The van der Waals surface area contributed by atoms with Gasteiger partial charge in [0.25, 0.3) is 5.91 Å². The summed E-state index contributed by atoms with van der Waals surface area (Å²) in [5.41, 5.74) is 4.34. The average molecular weight is 437 g/mol. The van der Waals surface area contributed by atoms with Gasteiger partial charge in [-0.15, -0.1) is 0 Å². The van der Waals surface area contributed by atoms with Crippen LogP contribution in [0.15, 0.2) is 42.0 Å². The molecule has 1 aromatic heterocycles. The van der Waals surface area contributed by atoms with E-state index >= 15 is 0 Å². The number of aromatic nitrogens is 2. The van der Waals surface area contributed by atoms with E-state index in [1.807, 2.05) is 42.2 Å². The molecule has 1 aromatic carbocycles. The van der Waals surface area contributed by atoms with Crippen LogP contribution in [0.2, 0.25) is 0 Å². The van der Waals surface area contributed by atoms with Gasteiger partial charge in [-0.3, -0.25) is 14.3 Å². The van der Waals surface area contributed by atoms with Gasteiger partial charge >= 0.3 is 0 Å². The molecule has 1 aliphatic carbocycles. The highest BCUT2D eigenvalue weighted by Gasteiger charge is 2.30. The Kier molecular flexibility index (Phi) is 7.05. The third-order valence-corrected chi connectivity index (χ3v) is 6.42. The van der Waals surface area contributed by atoms with E-state index in [1.165, 1.54) is 12.0 Å². The highest BCUT2D eigenvalue weighted by atomic mass is 16.3. The molecule has 170 valence electrons. The number of aliphatic hydroxyl groups is 1. The van der Waals surface area contributed by atoms with Gasteiger partial charge in [-0.25, -0.2) is 0 Å². The molecule has 4 rings (SSSR count). The monoisotopic (exact) mass is 436 g/mol. The Labute approximate surface area is 189 Å². The first-order valence-corrected chi connectivity index (χ1v) is 11.6. The largest absolute Gasteiger partial charge is 0.394 e. The first-order valence-electron chi connectivity index (χ1n) is 11.6. The molecule has 0 bridgehead atoms. The number of nitrogens with zero attached hydrogens (tertiary/aromatic N) is 3. The SMILES string of the molecule is C[C@@H](NC(=O)c1nn(CCO)c2c1CN(C(=O)CC1=CCCCC1)CC2)c1ccccc1. The molecule has 0 spiro atoms. The van der Waals surface area contributed by atoms with Crippen molar-refractivity contribution in [1.29, 1.82) is 0 Å². The summed E-state index contributed by atoms with van der Waals surface area (Å²) in [6.45, 7) is 3.22. The minimum absolute atomic E-state index is 0.0492. The number of fused-ring (bicyclic) bond motifs is 1. The number of rotatable bonds is 7. The second-order valence-electron chi connectivity index (χ2n) is 8.68. The number of allylic oxidation sites excluding steroid dienone is 1. The van der Waals surface area contributed by atoms with E-state index in [9.17, 15) is 14.7 Å².